The van der Waals surface area contributed by atoms with Gasteiger partial charge in [0.15, 0.2) is 5.12 Å². The van der Waals surface area contributed by atoms with Gasteiger partial charge in [0.25, 0.3) is 0 Å². The second kappa shape index (κ2) is 6.72. The molecular weight excluding hydrogens is 254 g/mol. The van der Waals surface area contributed by atoms with Crippen molar-refractivity contribution in [3.05, 3.63) is 34.4 Å². The molecule has 2 N–H and O–H groups in total. The van der Waals surface area contributed by atoms with E-state index in [0.29, 0.717) is 10.7 Å². The molecule has 0 heterocycles. The predicted molar refractivity (Wildman–Crippen MR) is 77.4 cm³/mol. The average Bonchev–Trinajstić information content (AvgIpc) is 2.25. The van der Waals surface area contributed by atoms with Gasteiger partial charge in [0.1, 0.15) is 0 Å². The number of halogens is 1. The highest BCUT2D eigenvalue weighted by Gasteiger charge is 2.00. The van der Waals surface area contributed by atoms with E-state index < -0.39 is 0 Å². The number of hydrogen-bond acceptors (Lipinski definition) is 3. The normalized spacial score (nSPS) is 11.0. The largest absolute Gasteiger partial charge is 0.397 e. The lowest BCUT2D eigenvalue weighted by Gasteiger charge is -2.04. The Labute approximate surface area is 111 Å². The number of nitrogens with two attached hydrogens (primary N) is 1. The number of thioether (sulfide) groups is 1. The summed E-state index contributed by atoms with van der Waals surface area (Å²) in [6.45, 7) is 3.52. The zero-order chi connectivity index (χ0) is 12.8. The molecule has 0 fully saturated rings. The van der Waals surface area contributed by atoms with Gasteiger partial charge >= 0.3 is 0 Å². The smallest absolute Gasteiger partial charge is 0.185 e. The first-order valence-corrected chi connectivity index (χ1v) is 6.72. The molecule has 17 heavy (non-hydrogen) atoms. The summed E-state index contributed by atoms with van der Waals surface area (Å²) in [5.41, 5.74) is 8.42. The van der Waals surface area contributed by atoms with Crippen molar-refractivity contribution < 1.29 is 4.79 Å². The van der Waals surface area contributed by atoms with Crippen molar-refractivity contribution in [3.63, 3.8) is 0 Å². The molecule has 0 aliphatic carbocycles. The SMILES string of the molecule is CC(=O)SCCC=Cc1cc(C)c(N)c(Cl)c1. The molecule has 1 rings (SSSR count). The highest BCUT2D eigenvalue weighted by Crippen LogP contribution is 2.24. The van der Waals surface area contributed by atoms with E-state index in [4.69, 9.17) is 17.3 Å². The van der Waals surface area contributed by atoms with E-state index in [1.54, 1.807) is 6.92 Å². The van der Waals surface area contributed by atoms with Crippen LogP contribution in [0, 0.1) is 6.92 Å². The van der Waals surface area contributed by atoms with Crippen molar-refractivity contribution in [3.8, 4) is 0 Å². The molecular formula is C13H16ClNOS. The summed E-state index contributed by atoms with van der Waals surface area (Å²) in [5, 5.41) is 0.743. The van der Waals surface area contributed by atoms with Crippen LogP contribution in [0.5, 0.6) is 0 Å². The summed E-state index contributed by atoms with van der Waals surface area (Å²) in [4.78, 5) is 10.7. The third-order valence-electron chi connectivity index (χ3n) is 2.26. The second-order valence-electron chi connectivity index (χ2n) is 3.76. The number of carbonyl (C=O) groups excluding carboxylic acids is 1. The van der Waals surface area contributed by atoms with Gasteiger partial charge in [-0.05, 0) is 36.6 Å². The molecule has 0 atom stereocenters. The highest BCUT2D eigenvalue weighted by molar-refractivity contribution is 8.13. The first kappa shape index (κ1) is 14.1. The average molecular weight is 270 g/mol. The first-order valence-electron chi connectivity index (χ1n) is 5.36. The number of hydrogen-bond donors (Lipinski definition) is 1. The van der Waals surface area contributed by atoms with Gasteiger partial charge in [-0.25, -0.2) is 0 Å². The summed E-state index contributed by atoms with van der Waals surface area (Å²) in [6, 6.07) is 3.84. The van der Waals surface area contributed by atoms with Crippen LogP contribution in [-0.2, 0) is 4.79 Å². The molecule has 92 valence electrons. The molecule has 0 spiro atoms. The fraction of sp³-hybridized carbons (Fsp3) is 0.308. The molecule has 0 aliphatic rings. The Hall–Kier alpha value is -0.930. The van der Waals surface area contributed by atoms with E-state index >= 15 is 0 Å². The quantitative estimate of drug-likeness (QED) is 0.666. The summed E-state index contributed by atoms with van der Waals surface area (Å²) in [5.74, 6) is 0.813. The van der Waals surface area contributed by atoms with Crippen LogP contribution in [0.25, 0.3) is 6.08 Å². The summed E-state index contributed by atoms with van der Waals surface area (Å²) < 4.78 is 0. The van der Waals surface area contributed by atoms with E-state index in [1.165, 1.54) is 11.8 Å². The van der Waals surface area contributed by atoms with Crippen LogP contribution in [0.4, 0.5) is 5.69 Å². The lowest BCUT2D eigenvalue weighted by atomic mass is 10.1. The first-order chi connectivity index (χ1) is 8.00. The Kier molecular flexibility index (Phi) is 5.59. The molecule has 0 unspecified atom stereocenters. The van der Waals surface area contributed by atoms with Gasteiger partial charge in [0.2, 0.25) is 0 Å². The summed E-state index contributed by atoms with van der Waals surface area (Å²) in [6.07, 6.45) is 4.90. The van der Waals surface area contributed by atoms with Crippen LogP contribution >= 0.6 is 23.4 Å². The predicted octanol–water partition coefficient (Wildman–Crippen LogP) is 3.91. The number of aryl methyl sites for hydroxylation is 1. The summed E-state index contributed by atoms with van der Waals surface area (Å²) >= 11 is 7.33. The topological polar surface area (TPSA) is 43.1 Å². The fourth-order valence-electron chi connectivity index (χ4n) is 1.37. The lowest BCUT2D eigenvalue weighted by molar-refractivity contribution is -0.109. The maximum absolute atomic E-state index is 10.7. The number of carbonyl (C=O) groups is 1. The van der Waals surface area contributed by atoms with Gasteiger partial charge in [-0.3, -0.25) is 4.79 Å². The molecule has 1 aromatic carbocycles. The van der Waals surface area contributed by atoms with E-state index in [-0.39, 0.29) is 5.12 Å². The van der Waals surface area contributed by atoms with Gasteiger partial charge in [-0.15, -0.1) is 0 Å². The van der Waals surface area contributed by atoms with Gasteiger partial charge in [-0.2, -0.15) is 0 Å². The van der Waals surface area contributed by atoms with Crippen LogP contribution in [0.15, 0.2) is 18.2 Å². The molecule has 2 nitrogen and oxygen atoms in total. The lowest BCUT2D eigenvalue weighted by Crippen LogP contribution is -1.91. The minimum absolute atomic E-state index is 0.157. The number of nitrogen functional groups attached to an aromatic ring is 1. The fourth-order valence-corrected chi connectivity index (χ4v) is 2.18. The Bertz CT molecular complexity index is 420. The van der Waals surface area contributed by atoms with Crippen molar-refractivity contribution in [1.82, 2.24) is 0 Å². The maximum Gasteiger partial charge on any atom is 0.185 e. The monoisotopic (exact) mass is 269 g/mol. The minimum Gasteiger partial charge on any atom is -0.397 e. The van der Waals surface area contributed by atoms with Crippen molar-refractivity contribution in [1.29, 1.82) is 0 Å². The molecule has 0 aromatic heterocycles. The van der Waals surface area contributed by atoms with Crippen LogP contribution < -0.4 is 5.73 Å². The summed E-state index contributed by atoms with van der Waals surface area (Å²) in [7, 11) is 0. The van der Waals surface area contributed by atoms with Crippen LogP contribution in [0.1, 0.15) is 24.5 Å². The van der Waals surface area contributed by atoms with Crippen molar-refractivity contribution in [2.45, 2.75) is 20.3 Å². The molecule has 4 heteroatoms. The van der Waals surface area contributed by atoms with Crippen LogP contribution in [-0.4, -0.2) is 10.9 Å². The molecule has 0 radical (unpaired) electrons. The molecule has 0 amide bonds. The van der Waals surface area contributed by atoms with Gasteiger partial charge in [-0.1, -0.05) is 35.5 Å². The van der Waals surface area contributed by atoms with Crippen molar-refractivity contribution >= 4 is 40.2 Å². The molecule has 0 saturated carbocycles. The van der Waals surface area contributed by atoms with Crippen molar-refractivity contribution in [2.24, 2.45) is 0 Å². The third kappa shape index (κ3) is 4.84. The zero-order valence-electron chi connectivity index (χ0n) is 10.00. The molecule has 0 saturated heterocycles. The number of allylic oxidation sites excluding steroid dienone is 1. The van der Waals surface area contributed by atoms with E-state index in [2.05, 4.69) is 0 Å². The number of rotatable bonds is 4. The number of benzene rings is 1. The maximum atomic E-state index is 10.7. The minimum atomic E-state index is 0.157. The standard InChI is InChI=1S/C13H16ClNOS/c1-9-7-11(8-12(14)13(9)15)5-3-4-6-17-10(2)16/h3,5,7-8H,4,6,15H2,1-2H3. The third-order valence-corrected chi connectivity index (χ3v) is 3.42. The Morgan fingerprint density at radius 3 is 2.82 bits per heavy atom. The Balaban J connectivity index is 2.57. The van der Waals surface area contributed by atoms with Gasteiger partial charge in [0.05, 0.1) is 10.7 Å². The number of anilines is 1. The molecule has 0 aliphatic heterocycles. The highest BCUT2D eigenvalue weighted by atomic mass is 35.5. The van der Waals surface area contributed by atoms with Crippen LogP contribution in [0.3, 0.4) is 0 Å². The van der Waals surface area contributed by atoms with Gasteiger partial charge < -0.3 is 5.73 Å². The molecule has 1 aromatic rings. The van der Waals surface area contributed by atoms with Gasteiger partial charge in [0, 0.05) is 12.7 Å². The molecule has 0 bridgehead atoms. The van der Waals surface area contributed by atoms with E-state index in [0.717, 1.165) is 23.3 Å². The second-order valence-corrected chi connectivity index (χ2v) is 5.44. The zero-order valence-corrected chi connectivity index (χ0v) is 11.6. The van der Waals surface area contributed by atoms with E-state index in [1.807, 2.05) is 31.2 Å². The Morgan fingerprint density at radius 2 is 2.24 bits per heavy atom. The van der Waals surface area contributed by atoms with Crippen molar-refractivity contribution in [2.75, 3.05) is 11.5 Å². The van der Waals surface area contributed by atoms with E-state index in [9.17, 15) is 4.79 Å². The van der Waals surface area contributed by atoms with Crippen LogP contribution in [0.2, 0.25) is 5.02 Å². The Morgan fingerprint density at radius 1 is 1.53 bits per heavy atom.